The van der Waals surface area contributed by atoms with E-state index in [1.165, 1.54) is 12.1 Å². The van der Waals surface area contributed by atoms with Crippen LogP contribution in [0.25, 0.3) is 11.1 Å². The van der Waals surface area contributed by atoms with Gasteiger partial charge in [0.05, 0.1) is 12.5 Å². The summed E-state index contributed by atoms with van der Waals surface area (Å²) >= 11 is 0. The first-order valence-electron chi connectivity index (χ1n) is 14.1. The highest BCUT2D eigenvalue weighted by atomic mass is 19.1. The molecule has 0 aliphatic carbocycles. The van der Waals surface area contributed by atoms with Crippen LogP contribution in [0.4, 0.5) is 4.39 Å². The summed E-state index contributed by atoms with van der Waals surface area (Å²) in [6.45, 7) is 3.82. The highest BCUT2D eigenvalue weighted by Gasteiger charge is 2.26. The third kappa shape index (κ3) is 7.69. The Labute approximate surface area is 245 Å². The zero-order chi connectivity index (χ0) is 30.1. The molecule has 0 radical (unpaired) electrons. The molecule has 2 N–H and O–H groups in total. The van der Waals surface area contributed by atoms with Crippen molar-refractivity contribution in [3.63, 3.8) is 0 Å². The number of hydrogen-bond donors (Lipinski definition) is 2. The van der Waals surface area contributed by atoms with Gasteiger partial charge < -0.3 is 15.3 Å². The minimum atomic E-state index is -0.978. The molecule has 0 fully saturated rings. The van der Waals surface area contributed by atoms with E-state index in [1.807, 2.05) is 50.2 Å². The van der Waals surface area contributed by atoms with Gasteiger partial charge >= 0.3 is 5.97 Å². The van der Waals surface area contributed by atoms with Crippen LogP contribution in [-0.2, 0) is 11.2 Å². The Kier molecular flexibility index (Phi) is 10.2. The number of aliphatic carboxylic acids is 1. The molecule has 0 saturated carbocycles. The summed E-state index contributed by atoms with van der Waals surface area (Å²) in [5.41, 5.74) is 3.85. The number of nitrogens with one attached hydrogen (secondary N) is 1. The van der Waals surface area contributed by atoms with E-state index in [1.54, 1.807) is 59.5 Å². The van der Waals surface area contributed by atoms with Gasteiger partial charge in [0.15, 0.2) is 0 Å². The number of carboxylic acid groups (broad SMARTS) is 1. The Morgan fingerprint density at radius 3 is 2.00 bits per heavy atom. The van der Waals surface area contributed by atoms with Gasteiger partial charge in [-0.05, 0) is 73.2 Å². The second kappa shape index (κ2) is 14.2. The maximum absolute atomic E-state index is 14.1. The molecule has 0 bridgehead atoms. The van der Waals surface area contributed by atoms with E-state index in [9.17, 15) is 23.9 Å². The molecule has 4 aromatic carbocycles. The van der Waals surface area contributed by atoms with E-state index in [4.69, 9.17) is 0 Å². The summed E-state index contributed by atoms with van der Waals surface area (Å²) in [6, 6.07) is 29.5. The molecular weight excluding hydrogens is 531 g/mol. The van der Waals surface area contributed by atoms with Gasteiger partial charge in [-0.3, -0.25) is 14.4 Å². The molecule has 0 aliphatic rings. The Hall–Kier alpha value is -4.78. The van der Waals surface area contributed by atoms with E-state index in [0.717, 1.165) is 17.5 Å². The SMILES string of the molecule is CC(NC(=O)c1ccccc1-c1ccccc1C(=O)N(CCC(=O)O)C(C)CCc1ccccc1)c1ccc(F)cc1. The van der Waals surface area contributed by atoms with Gasteiger partial charge in [-0.25, -0.2) is 4.39 Å². The predicted molar refractivity (Wildman–Crippen MR) is 162 cm³/mol. The monoisotopic (exact) mass is 566 g/mol. The number of benzene rings is 4. The van der Waals surface area contributed by atoms with Crippen LogP contribution in [0.15, 0.2) is 103 Å². The topological polar surface area (TPSA) is 86.7 Å². The van der Waals surface area contributed by atoms with Crippen molar-refractivity contribution in [3.05, 3.63) is 131 Å². The van der Waals surface area contributed by atoms with Gasteiger partial charge in [0, 0.05) is 23.7 Å². The first-order valence-corrected chi connectivity index (χ1v) is 14.1. The largest absolute Gasteiger partial charge is 0.481 e. The van der Waals surface area contributed by atoms with Gasteiger partial charge in [0.1, 0.15) is 5.82 Å². The summed E-state index contributed by atoms with van der Waals surface area (Å²) in [6.07, 6.45) is 1.23. The Balaban J connectivity index is 1.62. The molecule has 0 saturated heterocycles. The molecule has 2 unspecified atom stereocenters. The molecule has 2 atom stereocenters. The zero-order valence-corrected chi connectivity index (χ0v) is 23.8. The Morgan fingerprint density at radius 2 is 1.36 bits per heavy atom. The molecule has 7 heteroatoms. The van der Waals surface area contributed by atoms with Crippen LogP contribution in [-0.4, -0.2) is 40.4 Å². The number of rotatable bonds is 12. The maximum atomic E-state index is 14.1. The summed E-state index contributed by atoms with van der Waals surface area (Å²) in [4.78, 5) is 40.6. The molecule has 4 aromatic rings. The van der Waals surface area contributed by atoms with Crippen molar-refractivity contribution < 1.29 is 23.9 Å². The first-order chi connectivity index (χ1) is 20.2. The van der Waals surface area contributed by atoms with Crippen molar-refractivity contribution in [1.29, 1.82) is 0 Å². The minimum Gasteiger partial charge on any atom is -0.481 e. The molecule has 0 heterocycles. The molecule has 216 valence electrons. The predicted octanol–water partition coefficient (Wildman–Crippen LogP) is 6.92. The molecule has 0 spiro atoms. The molecule has 0 aliphatic heterocycles. The quantitative estimate of drug-likeness (QED) is 0.195. The van der Waals surface area contributed by atoms with E-state index < -0.39 is 5.97 Å². The summed E-state index contributed by atoms with van der Waals surface area (Å²) in [7, 11) is 0. The second-order valence-electron chi connectivity index (χ2n) is 10.4. The van der Waals surface area contributed by atoms with Gasteiger partial charge in [0.2, 0.25) is 0 Å². The van der Waals surface area contributed by atoms with Gasteiger partial charge in [0.25, 0.3) is 11.8 Å². The fourth-order valence-electron chi connectivity index (χ4n) is 5.00. The number of halogens is 1. The van der Waals surface area contributed by atoms with E-state index in [2.05, 4.69) is 5.32 Å². The summed E-state index contributed by atoms with van der Waals surface area (Å²) in [5.74, 6) is -1.95. The van der Waals surface area contributed by atoms with E-state index in [0.29, 0.717) is 28.7 Å². The Morgan fingerprint density at radius 1 is 0.786 bits per heavy atom. The molecule has 4 rings (SSSR count). The molecule has 6 nitrogen and oxygen atoms in total. The van der Waals surface area contributed by atoms with Crippen LogP contribution in [0.5, 0.6) is 0 Å². The van der Waals surface area contributed by atoms with E-state index in [-0.39, 0.29) is 42.7 Å². The van der Waals surface area contributed by atoms with Gasteiger partial charge in [-0.1, -0.05) is 78.9 Å². The number of amides is 2. The maximum Gasteiger partial charge on any atom is 0.305 e. The molecular formula is C35H35FN2O4. The number of nitrogens with zero attached hydrogens (tertiary/aromatic N) is 1. The van der Waals surface area contributed by atoms with Crippen LogP contribution in [0.1, 0.15) is 64.6 Å². The second-order valence-corrected chi connectivity index (χ2v) is 10.4. The van der Waals surface area contributed by atoms with Crippen LogP contribution in [0, 0.1) is 5.82 Å². The average molecular weight is 567 g/mol. The molecule has 42 heavy (non-hydrogen) atoms. The fraction of sp³-hybridized carbons (Fsp3) is 0.229. The highest BCUT2D eigenvalue weighted by molar-refractivity contribution is 6.06. The van der Waals surface area contributed by atoms with Crippen molar-refractivity contribution in [3.8, 4) is 11.1 Å². The Bertz CT molecular complexity index is 1520. The lowest BCUT2D eigenvalue weighted by molar-refractivity contribution is -0.137. The van der Waals surface area contributed by atoms with Crippen LogP contribution in [0.3, 0.4) is 0 Å². The number of carbonyl (C=O) groups excluding carboxylic acids is 2. The standard InChI is InChI=1S/C35H35FN2O4/c1-24(16-17-26-10-4-3-5-11-26)38(23-22-33(39)40)35(42)32-15-9-7-13-30(32)29-12-6-8-14-31(29)34(41)37-25(2)27-18-20-28(36)21-19-27/h3-15,18-21,24-25H,16-17,22-23H2,1-2H3,(H,37,41)(H,39,40). The fourth-order valence-corrected chi connectivity index (χ4v) is 5.00. The van der Waals surface area contributed by atoms with Crippen molar-refractivity contribution >= 4 is 17.8 Å². The van der Waals surface area contributed by atoms with Crippen LogP contribution in [0.2, 0.25) is 0 Å². The molecule has 0 aromatic heterocycles. The van der Waals surface area contributed by atoms with Crippen molar-refractivity contribution in [2.24, 2.45) is 0 Å². The van der Waals surface area contributed by atoms with Crippen molar-refractivity contribution in [2.75, 3.05) is 6.54 Å². The third-order valence-corrected chi connectivity index (χ3v) is 7.39. The lowest BCUT2D eigenvalue weighted by Gasteiger charge is -2.30. The zero-order valence-electron chi connectivity index (χ0n) is 23.8. The normalized spacial score (nSPS) is 12.3. The number of carbonyl (C=O) groups is 3. The van der Waals surface area contributed by atoms with Crippen molar-refractivity contribution in [2.45, 2.75) is 45.2 Å². The van der Waals surface area contributed by atoms with Crippen molar-refractivity contribution in [1.82, 2.24) is 10.2 Å². The van der Waals surface area contributed by atoms with Gasteiger partial charge in [-0.15, -0.1) is 0 Å². The summed E-state index contributed by atoms with van der Waals surface area (Å²) < 4.78 is 13.4. The third-order valence-electron chi connectivity index (χ3n) is 7.39. The van der Waals surface area contributed by atoms with E-state index >= 15 is 0 Å². The van der Waals surface area contributed by atoms with Gasteiger partial charge in [-0.2, -0.15) is 0 Å². The lowest BCUT2D eigenvalue weighted by atomic mass is 9.93. The number of aryl methyl sites for hydroxylation is 1. The number of hydrogen-bond acceptors (Lipinski definition) is 3. The first kappa shape index (κ1) is 30.2. The minimum absolute atomic E-state index is 0.0653. The number of carboxylic acids is 1. The smallest absolute Gasteiger partial charge is 0.305 e. The molecule has 2 amide bonds. The van der Waals surface area contributed by atoms with Crippen LogP contribution >= 0.6 is 0 Å². The highest BCUT2D eigenvalue weighted by Crippen LogP contribution is 2.30. The average Bonchev–Trinajstić information content (AvgIpc) is 3.00. The summed E-state index contributed by atoms with van der Waals surface area (Å²) in [5, 5.41) is 12.4. The van der Waals surface area contributed by atoms with Crippen LogP contribution < -0.4 is 5.32 Å². The lowest BCUT2D eigenvalue weighted by Crippen LogP contribution is -2.40.